The number of fused-ring (bicyclic) bond motifs is 1. The van der Waals surface area contributed by atoms with Gasteiger partial charge in [-0.1, -0.05) is 11.6 Å². The lowest BCUT2D eigenvalue weighted by Gasteiger charge is -2.21. The highest BCUT2D eigenvalue weighted by Gasteiger charge is 2.21. The van der Waals surface area contributed by atoms with E-state index in [2.05, 4.69) is 0 Å². The molecule has 7 heteroatoms. The van der Waals surface area contributed by atoms with Gasteiger partial charge in [0.1, 0.15) is 19.0 Å². The van der Waals surface area contributed by atoms with Gasteiger partial charge in [-0.25, -0.2) is 0 Å². The van der Waals surface area contributed by atoms with Gasteiger partial charge >= 0.3 is 0 Å². The quantitative estimate of drug-likeness (QED) is 0.491. The summed E-state index contributed by atoms with van der Waals surface area (Å²) in [6.07, 6.45) is 1.58. The molecule has 0 saturated heterocycles. The molecule has 1 aliphatic rings. The second-order valence-electron chi connectivity index (χ2n) is 6.54. The first-order valence-corrected chi connectivity index (χ1v) is 9.66. The molecule has 0 saturated carbocycles. The third-order valence-electron chi connectivity index (χ3n) is 4.40. The van der Waals surface area contributed by atoms with E-state index in [0.29, 0.717) is 53.9 Å². The Morgan fingerprint density at radius 3 is 2.66 bits per heavy atom. The summed E-state index contributed by atoms with van der Waals surface area (Å²) >= 11 is 6.38. The van der Waals surface area contributed by atoms with Crippen LogP contribution in [0.15, 0.2) is 35.4 Å². The van der Waals surface area contributed by atoms with Gasteiger partial charge in [-0.05, 0) is 43.3 Å². The van der Waals surface area contributed by atoms with E-state index >= 15 is 0 Å². The molecular weight excluding hydrogens is 394 g/mol. The lowest BCUT2D eigenvalue weighted by molar-refractivity contribution is 0.104. The molecule has 0 radical (unpaired) electrons. The van der Waals surface area contributed by atoms with Crippen molar-refractivity contribution in [1.82, 2.24) is 0 Å². The van der Waals surface area contributed by atoms with E-state index in [1.54, 1.807) is 36.4 Å². The van der Waals surface area contributed by atoms with Crippen LogP contribution >= 0.6 is 11.6 Å². The van der Waals surface area contributed by atoms with Crippen LogP contribution in [0.3, 0.4) is 0 Å². The molecule has 154 valence electrons. The molecule has 6 nitrogen and oxygen atoms in total. The van der Waals surface area contributed by atoms with Gasteiger partial charge in [-0.3, -0.25) is 4.79 Å². The molecule has 1 heterocycles. The first kappa shape index (κ1) is 20.9. The summed E-state index contributed by atoms with van der Waals surface area (Å²) in [7, 11) is 5.32. The van der Waals surface area contributed by atoms with Crippen LogP contribution in [0.25, 0.3) is 6.08 Å². The number of anilines is 1. The molecule has 0 amide bonds. The molecule has 0 N–H and O–H groups in total. The summed E-state index contributed by atoms with van der Waals surface area (Å²) in [5, 5.41) is 0.0637. The summed E-state index contributed by atoms with van der Waals surface area (Å²) in [4.78, 5) is 14.8. The van der Waals surface area contributed by atoms with Crippen LogP contribution in [-0.2, 0) is 0 Å². The number of Topliss-reactive ketones (excluding diaryl/α,β-unsaturated/α-hetero) is 1. The van der Waals surface area contributed by atoms with Crippen LogP contribution in [0.5, 0.6) is 23.0 Å². The van der Waals surface area contributed by atoms with Gasteiger partial charge in [-0.15, -0.1) is 0 Å². The van der Waals surface area contributed by atoms with Crippen LogP contribution in [0.2, 0.25) is 0 Å². The second kappa shape index (κ2) is 9.09. The van der Waals surface area contributed by atoms with Crippen LogP contribution in [-0.4, -0.2) is 46.8 Å². The number of benzene rings is 2. The highest BCUT2D eigenvalue weighted by atomic mass is 35.5. The molecule has 3 rings (SSSR count). The van der Waals surface area contributed by atoms with Gasteiger partial charge in [0.05, 0.1) is 24.4 Å². The van der Waals surface area contributed by atoms with Crippen molar-refractivity contribution in [3.05, 3.63) is 46.5 Å². The molecule has 0 unspecified atom stereocenters. The lowest BCUT2D eigenvalue weighted by atomic mass is 10.1. The average Bonchev–Trinajstić information content (AvgIpc) is 2.73. The van der Waals surface area contributed by atoms with Gasteiger partial charge in [0, 0.05) is 25.2 Å². The maximum Gasteiger partial charge on any atom is 0.204 e. The van der Waals surface area contributed by atoms with Crippen LogP contribution < -0.4 is 23.8 Å². The fraction of sp³-hybridized carbons (Fsp3) is 0.318. The van der Waals surface area contributed by atoms with Crippen LogP contribution in [0.4, 0.5) is 5.69 Å². The standard InChI is InChI=1S/C22H24ClNO5/c1-5-27-18-8-6-14(13-17(18)24(2)3)20(25)16(23)12-15-7-9-19-22(21(15)26-4)29-11-10-28-19/h6-9,12-13H,5,10-11H2,1-4H3/b16-12+. The number of nitrogens with zero attached hydrogens (tertiary/aromatic N) is 1. The fourth-order valence-corrected chi connectivity index (χ4v) is 3.28. The maximum atomic E-state index is 12.9. The van der Waals surface area contributed by atoms with Crippen LogP contribution in [0.1, 0.15) is 22.8 Å². The summed E-state index contributed by atoms with van der Waals surface area (Å²) < 4.78 is 22.3. The number of halogens is 1. The molecule has 0 fully saturated rings. The monoisotopic (exact) mass is 417 g/mol. The Balaban J connectivity index is 1.94. The Hall–Kier alpha value is -2.86. The van der Waals surface area contributed by atoms with E-state index in [9.17, 15) is 4.79 Å². The first-order chi connectivity index (χ1) is 14.0. The number of rotatable bonds is 7. The Bertz CT molecular complexity index is 939. The molecule has 0 aliphatic carbocycles. The van der Waals surface area contributed by atoms with Gasteiger partial charge < -0.3 is 23.8 Å². The minimum absolute atomic E-state index is 0.0637. The predicted molar refractivity (Wildman–Crippen MR) is 114 cm³/mol. The molecule has 1 aliphatic heterocycles. The largest absolute Gasteiger partial charge is 0.492 e. The van der Waals surface area contributed by atoms with Crippen molar-refractivity contribution in [2.75, 3.05) is 45.9 Å². The Labute approximate surface area is 175 Å². The average molecular weight is 418 g/mol. The van der Waals surface area contributed by atoms with E-state index in [1.165, 1.54) is 7.11 Å². The third-order valence-corrected chi connectivity index (χ3v) is 4.68. The Morgan fingerprint density at radius 2 is 1.97 bits per heavy atom. The number of hydrogen-bond acceptors (Lipinski definition) is 6. The summed E-state index contributed by atoms with van der Waals surface area (Å²) in [6, 6.07) is 8.81. The Morgan fingerprint density at radius 1 is 1.21 bits per heavy atom. The topological polar surface area (TPSA) is 57.2 Å². The minimum atomic E-state index is -0.297. The number of methoxy groups -OCH3 is 1. The number of allylic oxidation sites excluding steroid dienone is 1. The normalized spacial score (nSPS) is 13.1. The number of ether oxygens (including phenoxy) is 4. The number of ketones is 1. The molecule has 0 aromatic heterocycles. The molecule has 2 aromatic rings. The summed E-state index contributed by atoms with van der Waals surface area (Å²) in [5.74, 6) is 2.02. The van der Waals surface area contributed by atoms with E-state index in [-0.39, 0.29) is 10.8 Å². The highest BCUT2D eigenvalue weighted by molar-refractivity contribution is 6.47. The van der Waals surface area contributed by atoms with Gasteiger partial charge in [0.15, 0.2) is 11.5 Å². The first-order valence-electron chi connectivity index (χ1n) is 9.29. The molecule has 0 spiro atoms. The van der Waals surface area contributed by atoms with E-state index in [4.69, 9.17) is 30.5 Å². The van der Waals surface area contributed by atoms with Gasteiger partial charge in [0.25, 0.3) is 0 Å². The van der Waals surface area contributed by atoms with E-state index in [1.807, 2.05) is 25.9 Å². The highest BCUT2D eigenvalue weighted by Crippen LogP contribution is 2.42. The molecular formula is C22H24ClNO5. The molecule has 0 bridgehead atoms. The molecule has 2 aromatic carbocycles. The van der Waals surface area contributed by atoms with Crippen molar-refractivity contribution in [2.45, 2.75) is 6.92 Å². The zero-order valence-corrected chi connectivity index (χ0v) is 17.7. The van der Waals surface area contributed by atoms with Crippen molar-refractivity contribution >= 4 is 29.1 Å². The van der Waals surface area contributed by atoms with E-state index in [0.717, 1.165) is 5.69 Å². The van der Waals surface area contributed by atoms with Gasteiger partial charge in [0.2, 0.25) is 11.5 Å². The van der Waals surface area contributed by atoms with Crippen molar-refractivity contribution in [1.29, 1.82) is 0 Å². The zero-order chi connectivity index (χ0) is 21.0. The molecule has 29 heavy (non-hydrogen) atoms. The maximum absolute atomic E-state index is 12.9. The summed E-state index contributed by atoms with van der Waals surface area (Å²) in [5.41, 5.74) is 1.91. The molecule has 0 atom stereocenters. The van der Waals surface area contributed by atoms with Crippen molar-refractivity contribution in [3.63, 3.8) is 0 Å². The third kappa shape index (κ3) is 4.43. The van der Waals surface area contributed by atoms with Crippen molar-refractivity contribution in [2.24, 2.45) is 0 Å². The minimum Gasteiger partial charge on any atom is -0.492 e. The number of hydrogen-bond donors (Lipinski definition) is 0. The van der Waals surface area contributed by atoms with Gasteiger partial charge in [-0.2, -0.15) is 0 Å². The van der Waals surface area contributed by atoms with E-state index < -0.39 is 0 Å². The van der Waals surface area contributed by atoms with Crippen molar-refractivity contribution in [3.8, 4) is 23.0 Å². The predicted octanol–water partition coefficient (Wildman–Crippen LogP) is 4.39. The van der Waals surface area contributed by atoms with Crippen LogP contribution in [0, 0.1) is 0 Å². The van der Waals surface area contributed by atoms with Crippen molar-refractivity contribution < 1.29 is 23.7 Å². The lowest BCUT2D eigenvalue weighted by Crippen LogP contribution is -2.16. The Kier molecular flexibility index (Phi) is 6.54. The number of carbonyl (C=O) groups excluding carboxylic acids is 1. The smallest absolute Gasteiger partial charge is 0.204 e. The summed E-state index contributed by atoms with van der Waals surface area (Å²) in [6.45, 7) is 3.37. The fourth-order valence-electron chi connectivity index (χ4n) is 3.06. The SMILES string of the molecule is CCOc1ccc(C(=O)/C(Cl)=C\c2ccc3c(c2OC)OCCO3)cc1N(C)C. The number of carbonyl (C=O) groups is 1. The zero-order valence-electron chi connectivity index (χ0n) is 17.0. The second-order valence-corrected chi connectivity index (χ2v) is 6.95.